The van der Waals surface area contributed by atoms with Crippen molar-refractivity contribution in [2.75, 3.05) is 13.1 Å². The van der Waals surface area contributed by atoms with E-state index in [-0.39, 0.29) is 24.1 Å². The first-order valence-corrected chi connectivity index (χ1v) is 8.24. The number of sulfonamides is 1. The van der Waals surface area contributed by atoms with Crippen LogP contribution in [0.25, 0.3) is 0 Å². The second kappa shape index (κ2) is 6.03. The summed E-state index contributed by atoms with van der Waals surface area (Å²) in [6.45, 7) is 4.05. The van der Waals surface area contributed by atoms with E-state index in [1.165, 1.54) is 16.4 Å². The molecule has 1 fully saturated rings. The number of carboxylic acids is 1. The van der Waals surface area contributed by atoms with Gasteiger partial charge in [-0.15, -0.1) is 0 Å². The van der Waals surface area contributed by atoms with Crippen molar-refractivity contribution in [2.45, 2.75) is 31.3 Å². The minimum atomic E-state index is -3.64. The maximum atomic E-state index is 12.4. The van der Waals surface area contributed by atoms with E-state index in [1.807, 2.05) is 13.8 Å². The molecule has 0 radical (unpaired) electrons. The van der Waals surface area contributed by atoms with E-state index in [1.54, 1.807) is 12.1 Å². The second-order valence-corrected chi connectivity index (χ2v) is 7.26. The highest BCUT2D eigenvalue weighted by atomic mass is 32.2. The van der Waals surface area contributed by atoms with Gasteiger partial charge in [0.25, 0.3) is 0 Å². The van der Waals surface area contributed by atoms with Crippen LogP contribution in [0.15, 0.2) is 29.2 Å². The fraction of sp³-hybridized carbons (Fsp3) is 0.500. The average molecular weight is 313 g/mol. The highest BCUT2D eigenvalue weighted by Crippen LogP contribution is 2.25. The van der Waals surface area contributed by atoms with Gasteiger partial charge >= 0.3 is 5.97 Å². The van der Waals surface area contributed by atoms with E-state index in [0.717, 1.165) is 0 Å². The molecule has 1 aliphatic rings. The third kappa shape index (κ3) is 3.54. The normalized spacial score (nSPS) is 19.9. The Labute approximate surface area is 124 Å². The molecule has 0 spiro atoms. The Morgan fingerprint density at radius 3 is 2.43 bits per heavy atom. The summed E-state index contributed by atoms with van der Waals surface area (Å²) in [5, 5.41) is 8.95. The van der Waals surface area contributed by atoms with Crippen molar-refractivity contribution in [1.29, 1.82) is 0 Å². The first-order valence-electron chi connectivity index (χ1n) is 6.80. The van der Waals surface area contributed by atoms with Gasteiger partial charge in [0.2, 0.25) is 10.0 Å². The highest BCUT2D eigenvalue weighted by Gasteiger charge is 2.35. The topological polar surface area (TPSA) is 83.9 Å². The number of aliphatic carboxylic acids is 1. The summed E-state index contributed by atoms with van der Waals surface area (Å²) >= 11 is 0. The van der Waals surface area contributed by atoms with Crippen LogP contribution in [0.3, 0.4) is 0 Å². The number of hydrogen-bond donors (Lipinski definition) is 1. The predicted molar refractivity (Wildman–Crippen MR) is 76.7 cm³/mol. The van der Waals surface area contributed by atoms with Crippen LogP contribution in [0, 0.1) is 5.92 Å². The predicted octanol–water partition coefficient (Wildman–Crippen LogP) is 1.57. The van der Waals surface area contributed by atoms with Gasteiger partial charge in [-0.05, 0) is 44.5 Å². The van der Waals surface area contributed by atoms with Gasteiger partial charge in [0.15, 0.2) is 0 Å². The van der Waals surface area contributed by atoms with Crippen LogP contribution < -0.4 is 4.74 Å². The molecule has 1 aromatic rings. The summed E-state index contributed by atoms with van der Waals surface area (Å²) < 4.78 is 31.6. The Morgan fingerprint density at radius 2 is 1.95 bits per heavy atom. The fourth-order valence-electron chi connectivity index (χ4n) is 2.26. The SMILES string of the molecule is CC(C)Oc1ccc(S(=O)(=O)N2CCC(C(=O)O)C2)cc1. The molecule has 0 amide bonds. The lowest BCUT2D eigenvalue weighted by atomic mass is 10.1. The largest absolute Gasteiger partial charge is 0.491 e. The molecule has 0 aliphatic carbocycles. The number of benzene rings is 1. The summed E-state index contributed by atoms with van der Waals surface area (Å²) in [5.41, 5.74) is 0. The maximum absolute atomic E-state index is 12.4. The zero-order chi connectivity index (χ0) is 15.6. The van der Waals surface area contributed by atoms with Crippen molar-refractivity contribution in [1.82, 2.24) is 4.31 Å². The lowest BCUT2D eigenvalue weighted by molar-refractivity contribution is -0.141. The molecule has 2 rings (SSSR count). The first kappa shape index (κ1) is 15.8. The number of ether oxygens (including phenoxy) is 1. The summed E-state index contributed by atoms with van der Waals surface area (Å²) in [6.07, 6.45) is 0.366. The quantitative estimate of drug-likeness (QED) is 0.892. The van der Waals surface area contributed by atoms with E-state index in [9.17, 15) is 13.2 Å². The molecule has 7 heteroatoms. The zero-order valence-electron chi connectivity index (χ0n) is 12.0. The molecule has 1 aromatic carbocycles. The van der Waals surface area contributed by atoms with Gasteiger partial charge in [0, 0.05) is 13.1 Å². The Balaban J connectivity index is 2.15. The molecule has 0 saturated carbocycles. The number of rotatable bonds is 5. The van der Waals surface area contributed by atoms with Gasteiger partial charge in [-0.2, -0.15) is 4.31 Å². The maximum Gasteiger partial charge on any atom is 0.307 e. The van der Waals surface area contributed by atoms with E-state index in [4.69, 9.17) is 9.84 Å². The summed E-state index contributed by atoms with van der Waals surface area (Å²) in [4.78, 5) is 11.1. The van der Waals surface area contributed by atoms with Crippen molar-refractivity contribution in [3.8, 4) is 5.75 Å². The molecule has 1 aliphatic heterocycles. The molecule has 0 bridgehead atoms. The molecule has 21 heavy (non-hydrogen) atoms. The minimum Gasteiger partial charge on any atom is -0.491 e. The lowest BCUT2D eigenvalue weighted by Crippen LogP contribution is -2.30. The average Bonchev–Trinajstić information content (AvgIpc) is 2.89. The molecular formula is C14H19NO5S. The summed E-state index contributed by atoms with van der Waals surface area (Å²) in [7, 11) is -3.64. The Morgan fingerprint density at radius 1 is 1.33 bits per heavy atom. The van der Waals surface area contributed by atoms with Crippen LogP contribution in [0.1, 0.15) is 20.3 Å². The second-order valence-electron chi connectivity index (χ2n) is 5.32. The number of hydrogen-bond acceptors (Lipinski definition) is 4. The summed E-state index contributed by atoms with van der Waals surface area (Å²) in [6, 6.07) is 6.19. The molecule has 1 atom stereocenters. The molecular weight excluding hydrogens is 294 g/mol. The summed E-state index contributed by atoms with van der Waals surface area (Å²) in [5.74, 6) is -0.967. The van der Waals surface area contributed by atoms with Gasteiger partial charge in [-0.25, -0.2) is 8.42 Å². The first-order chi connectivity index (χ1) is 9.80. The van der Waals surface area contributed by atoms with Crippen molar-refractivity contribution < 1.29 is 23.1 Å². The molecule has 0 aromatic heterocycles. The van der Waals surface area contributed by atoms with Gasteiger partial charge in [0.05, 0.1) is 16.9 Å². The van der Waals surface area contributed by atoms with Crippen LogP contribution in [-0.4, -0.2) is 43.0 Å². The van der Waals surface area contributed by atoms with Crippen LogP contribution >= 0.6 is 0 Å². The fourth-order valence-corrected chi connectivity index (χ4v) is 3.76. The lowest BCUT2D eigenvalue weighted by Gasteiger charge is -2.16. The standard InChI is InChI=1S/C14H19NO5S/c1-10(2)20-12-3-5-13(6-4-12)21(18,19)15-8-7-11(9-15)14(16)17/h3-6,10-11H,7-9H2,1-2H3,(H,16,17). The van der Waals surface area contributed by atoms with Crippen LogP contribution in [-0.2, 0) is 14.8 Å². The van der Waals surface area contributed by atoms with Crippen molar-refractivity contribution >= 4 is 16.0 Å². The van der Waals surface area contributed by atoms with Gasteiger partial charge < -0.3 is 9.84 Å². The number of nitrogens with zero attached hydrogens (tertiary/aromatic N) is 1. The Bertz CT molecular complexity index is 609. The van der Waals surface area contributed by atoms with E-state index < -0.39 is 21.9 Å². The molecule has 1 heterocycles. The number of carboxylic acid groups (broad SMARTS) is 1. The van der Waals surface area contributed by atoms with Crippen molar-refractivity contribution in [3.05, 3.63) is 24.3 Å². The molecule has 116 valence electrons. The van der Waals surface area contributed by atoms with Crippen molar-refractivity contribution in [3.63, 3.8) is 0 Å². The Kier molecular flexibility index (Phi) is 4.53. The Hall–Kier alpha value is -1.60. The number of carbonyl (C=O) groups is 1. The van der Waals surface area contributed by atoms with E-state index >= 15 is 0 Å². The third-order valence-corrected chi connectivity index (χ3v) is 5.21. The highest BCUT2D eigenvalue weighted by molar-refractivity contribution is 7.89. The molecule has 1 N–H and O–H groups in total. The van der Waals surface area contributed by atoms with Gasteiger partial charge in [0.1, 0.15) is 5.75 Å². The van der Waals surface area contributed by atoms with E-state index in [2.05, 4.69) is 0 Å². The van der Waals surface area contributed by atoms with Crippen molar-refractivity contribution in [2.24, 2.45) is 5.92 Å². The monoisotopic (exact) mass is 313 g/mol. The van der Waals surface area contributed by atoms with Crippen LogP contribution in [0.4, 0.5) is 0 Å². The molecule has 6 nitrogen and oxygen atoms in total. The van der Waals surface area contributed by atoms with E-state index in [0.29, 0.717) is 12.2 Å². The smallest absolute Gasteiger partial charge is 0.307 e. The zero-order valence-corrected chi connectivity index (χ0v) is 12.8. The van der Waals surface area contributed by atoms with Gasteiger partial charge in [-0.1, -0.05) is 0 Å². The van der Waals surface area contributed by atoms with Gasteiger partial charge in [-0.3, -0.25) is 4.79 Å². The van der Waals surface area contributed by atoms with Crippen LogP contribution in [0.5, 0.6) is 5.75 Å². The minimum absolute atomic E-state index is 0.0161. The molecule has 1 saturated heterocycles. The van der Waals surface area contributed by atoms with Crippen LogP contribution in [0.2, 0.25) is 0 Å². The third-order valence-electron chi connectivity index (χ3n) is 3.33. The molecule has 1 unspecified atom stereocenters.